The van der Waals surface area contributed by atoms with E-state index in [0.29, 0.717) is 19.6 Å². The Kier molecular flexibility index (Phi) is 7.66. The van der Waals surface area contributed by atoms with E-state index >= 15 is 0 Å². The molecule has 0 aliphatic heterocycles. The van der Waals surface area contributed by atoms with Crippen LogP contribution in [0.5, 0.6) is 0 Å². The number of urea groups is 1. The second kappa shape index (κ2) is 9.97. The number of likely N-dealkylation sites (N-methyl/N-ethyl adjacent to an activating group) is 1. The largest absolute Gasteiger partial charge is 0.337 e. The molecular weight excluding hydrogens is 394 g/mol. The van der Waals surface area contributed by atoms with Gasteiger partial charge in [-0.2, -0.15) is 0 Å². The molecule has 0 unspecified atom stereocenters. The Bertz CT molecular complexity index is 720. The Hall–Kier alpha value is -2.34. The SMILES string of the molecule is CCN(Cc1ccccc1)C(=O)CNC(=O)N(C)Cc1ccc(Br)cc1. The minimum atomic E-state index is -0.267. The topological polar surface area (TPSA) is 52.7 Å². The quantitative estimate of drug-likeness (QED) is 0.747. The molecule has 0 aromatic heterocycles. The Morgan fingerprint density at radius 1 is 0.962 bits per heavy atom. The molecule has 0 fully saturated rings. The van der Waals surface area contributed by atoms with Crippen LogP contribution in [0.1, 0.15) is 18.1 Å². The van der Waals surface area contributed by atoms with Crippen LogP contribution in [0.3, 0.4) is 0 Å². The zero-order valence-electron chi connectivity index (χ0n) is 15.1. The molecule has 0 atom stereocenters. The van der Waals surface area contributed by atoms with Crippen LogP contribution in [0.25, 0.3) is 0 Å². The number of nitrogens with zero attached hydrogens (tertiary/aromatic N) is 2. The summed E-state index contributed by atoms with van der Waals surface area (Å²) in [5.41, 5.74) is 2.10. The van der Waals surface area contributed by atoms with Crippen molar-refractivity contribution in [3.05, 3.63) is 70.2 Å². The fourth-order valence-corrected chi connectivity index (χ4v) is 2.78. The highest BCUT2D eigenvalue weighted by atomic mass is 79.9. The maximum absolute atomic E-state index is 12.4. The smallest absolute Gasteiger partial charge is 0.317 e. The summed E-state index contributed by atoms with van der Waals surface area (Å²) in [6.07, 6.45) is 0. The predicted molar refractivity (Wildman–Crippen MR) is 107 cm³/mol. The van der Waals surface area contributed by atoms with Crippen molar-refractivity contribution in [2.75, 3.05) is 20.1 Å². The number of amides is 3. The van der Waals surface area contributed by atoms with Gasteiger partial charge in [-0.3, -0.25) is 4.79 Å². The van der Waals surface area contributed by atoms with Gasteiger partial charge >= 0.3 is 6.03 Å². The van der Waals surface area contributed by atoms with Crippen LogP contribution in [-0.4, -0.2) is 41.9 Å². The normalized spacial score (nSPS) is 10.3. The van der Waals surface area contributed by atoms with Gasteiger partial charge in [0.1, 0.15) is 0 Å². The van der Waals surface area contributed by atoms with Gasteiger partial charge in [-0.15, -0.1) is 0 Å². The molecule has 0 radical (unpaired) electrons. The van der Waals surface area contributed by atoms with E-state index < -0.39 is 0 Å². The summed E-state index contributed by atoms with van der Waals surface area (Å²) >= 11 is 3.39. The molecule has 0 spiro atoms. The molecule has 2 aromatic carbocycles. The summed E-state index contributed by atoms with van der Waals surface area (Å²) in [5, 5.41) is 2.70. The molecule has 0 heterocycles. The van der Waals surface area contributed by atoms with E-state index in [4.69, 9.17) is 0 Å². The number of benzene rings is 2. The molecule has 0 bridgehead atoms. The molecule has 5 nitrogen and oxygen atoms in total. The first-order valence-electron chi connectivity index (χ1n) is 8.54. The predicted octanol–water partition coefficient (Wildman–Crippen LogP) is 3.64. The van der Waals surface area contributed by atoms with Crippen LogP contribution in [0.15, 0.2) is 59.1 Å². The van der Waals surface area contributed by atoms with E-state index in [1.807, 2.05) is 61.5 Å². The summed E-state index contributed by atoms with van der Waals surface area (Å²) < 4.78 is 0.997. The number of hydrogen-bond donors (Lipinski definition) is 1. The monoisotopic (exact) mass is 417 g/mol. The third-order valence-corrected chi connectivity index (χ3v) is 4.55. The molecule has 0 saturated heterocycles. The van der Waals surface area contributed by atoms with Crippen LogP contribution in [0.4, 0.5) is 4.79 Å². The van der Waals surface area contributed by atoms with E-state index in [1.165, 1.54) is 0 Å². The van der Waals surface area contributed by atoms with Crippen molar-refractivity contribution < 1.29 is 9.59 Å². The number of hydrogen-bond acceptors (Lipinski definition) is 2. The van der Waals surface area contributed by atoms with Crippen molar-refractivity contribution in [2.45, 2.75) is 20.0 Å². The number of carbonyl (C=O) groups is 2. The van der Waals surface area contributed by atoms with E-state index in [9.17, 15) is 9.59 Å². The average molecular weight is 418 g/mol. The van der Waals surface area contributed by atoms with Crippen molar-refractivity contribution in [1.82, 2.24) is 15.1 Å². The van der Waals surface area contributed by atoms with E-state index in [0.717, 1.165) is 15.6 Å². The van der Waals surface area contributed by atoms with Gasteiger partial charge in [0.05, 0.1) is 6.54 Å². The molecule has 0 aliphatic carbocycles. The lowest BCUT2D eigenvalue weighted by Gasteiger charge is -2.23. The summed E-state index contributed by atoms with van der Waals surface area (Å²) in [6, 6.07) is 17.3. The first-order chi connectivity index (χ1) is 12.5. The van der Waals surface area contributed by atoms with Gasteiger partial charge in [0.25, 0.3) is 0 Å². The van der Waals surface area contributed by atoms with Gasteiger partial charge in [-0.1, -0.05) is 58.4 Å². The van der Waals surface area contributed by atoms with Gasteiger partial charge in [0, 0.05) is 31.2 Å². The Balaban J connectivity index is 1.82. The first kappa shape index (κ1) is 20.0. The summed E-state index contributed by atoms with van der Waals surface area (Å²) in [5.74, 6) is -0.0956. The molecule has 2 aromatic rings. The van der Waals surface area contributed by atoms with Crippen LogP contribution in [-0.2, 0) is 17.9 Å². The van der Waals surface area contributed by atoms with Crippen molar-refractivity contribution in [3.8, 4) is 0 Å². The van der Waals surface area contributed by atoms with Gasteiger partial charge in [-0.05, 0) is 30.2 Å². The number of nitrogens with one attached hydrogen (secondary N) is 1. The highest BCUT2D eigenvalue weighted by Gasteiger charge is 2.15. The fraction of sp³-hybridized carbons (Fsp3) is 0.300. The molecule has 1 N–H and O–H groups in total. The second-order valence-corrected chi connectivity index (χ2v) is 6.95. The molecule has 138 valence electrons. The summed E-state index contributed by atoms with van der Waals surface area (Å²) in [4.78, 5) is 27.9. The molecular formula is C20H24BrN3O2. The molecule has 2 rings (SSSR count). The van der Waals surface area contributed by atoms with Gasteiger partial charge in [0.2, 0.25) is 5.91 Å². The maximum atomic E-state index is 12.4. The van der Waals surface area contributed by atoms with Crippen molar-refractivity contribution in [3.63, 3.8) is 0 Å². The third kappa shape index (κ3) is 6.19. The molecule has 26 heavy (non-hydrogen) atoms. The molecule has 3 amide bonds. The molecule has 0 saturated carbocycles. The molecule has 0 aliphatic rings. The van der Waals surface area contributed by atoms with E-state index in [2.05, 4.69) is 21.2 Å². The minimum Gasteiger partial charge on any atom is -0.337 e. The van der Waals surface area contributed by atoms with Crippen LogP contribution < -0.4 is 5.32 Å². The van der Waals surface area contributed by atoms with Crippen LogP contribution in [0.2, 0.25) is 0 Å². The Morgan fingerprint density at radius 3 is 2.19 bits per heavy atom. The van der Waals surface area contributed by atoms with Gasteiger partial charge in [-0.25, -0.2) is 4.79 Å². The standard InChI is InChI=1S/C20H24BrN3O2/c1-3-24(15-16-7-5-4-6-8-16)19(25)13-22-20(26)23(2)14-17-9-11-18(21)12-10-17/h4-12H,3,13-15H2,1-2H3,(H,22,26). The number of carbonyl (C=O) groups excluding carboxylic acids is 2. The Labute approximate surface area is 163 Å². The molecule has 6 heteroatoms. The highest BCUT2D eigenvalue weighted by Crippen LogP contribution is 2.11. The van der Waals surface area contributed by atoms with Gasteiger partial charge in [0.15, 0.2) is 0 Å². The lowest BCUT2D eigenvalue weighted by atomic mass is 10.2. The van der Waals surface area contributed by atoms with Crippen molar-refractivity contribution in [2.24, 2.45) is 0 Å². The zero-order valence-corrected chi connectivity index (χ0v) is 16.7. The lowest BCUT2D eigenvalue weighted by molar-refractivity contribution is -0.130. The number of halogens is 1. The fourth-order valence-electron chi connectivity index (χ4n) is 2.51. The lowest BCUT2D eigenvalue weighted by Crippen LogP contribution is -2.44. The second-order valence-electron chi connectivity index (χ2n) is 6.03. The summed E-state index contributed by atoms with van der Waals surface area (Å²) in [7, 11) is 1.71. The van der Waals surface area contributed by atoms with Crippen molar-refractivity contribution in [1.29, 1.82) is 0 Å². The summed E-state index contributed by atoms with van der Waals surface area (Å²) in [6.45, 7) is 3.54. The first-order valence-corrected chi connectivity index (χ1v) is 9.34. The average Bonchev–Trinajstić information content (AvgIpc) is 2.66. The van der Waals surface area contributed by atoms with E-state index in [1.54, 1.807) is 16.8 Å². The Morgan fingerprint density at radius 2 is 1.58 bits per heavy atom. The van der Waals surface area contributed by atoms with Crippen molar-refractivity contribution >= 4 is 27.9 Å². The highest BCUT2D eigenvalue weighted by molar-refractivity contribution is 9.10. The maximum Gasteiger partial charge on any atom is 0.317 e. The third-order valence-electron chi connectivity index (χ3n) is 4.02. The zero-order chi connectivity index (χ0) is 18.9. The van der Waals surface area contributed by atoms with Crippen LogP contribution in [0, 0.1) is 0 Å². The minimum absolute atomic E-state index is 0.00974. The van der Waals surface area contributed by atoms with Crippen LogP contribution >= 0.6 is 15.9 Å². The number of rotatable bonds is 7. The van der Waals surface area contributed by atoms with E-state index in [-0.39, 0.29) is 18.5 Å². The van der Waals surface area contributed by atoms with Gasteiger partial charge < -0.3 is 15.1 Å².